The molecule has 0 nitrogen and oxygen atoms in total. The van der Waals surface area contributed by atoms with Gasteiger partial charge in [0.05, 0.1) is 6.16 Å². The largest absolute Gasteiger partial charge is 1.00 e. The third-order valence-electron chi connectivity index (χ3n) is 4.92. The minimum atomic E-state index is -1.91. The number of halogens is 2. The van der Waals surface area contributed by atoms with Crippen molar-refractivity contribution in [3.63, 3.8) is 0 Å². The number of hydrogen-bond donors (Lipinski definition) is 0. The van der Waals surface area contributed by atoms with Crippen molar-refractivity contribution in [1.29, 1.82) is 0 Å². The highest BCUT2D eigenvalue weighted by Crippen LogP contribution is 2.58. The van der Waals surface area contributed by atoms with Gasteiger partial charge in [-0.05, 0) is 54.1 Å². The molecule has 0 spiro atoms. The normalized spacial score (nSPS) is 10.9. The van der Waals surface area contributed by atoms with E-state index in [-0.39, 0.29) is 22.8 Å². The van der Waals surface area contributed by atoms with Crippen LogP contribution in [0.15, 0.2) is 115 Å². The predicted molar refractivity (Wildman–Crippen MR) is 115 cm³/mol. The molecule has 28 heavy (non-hydrogen) atoms. The van der Waals surface area contributed by atoms with Crippen LogP contribution in [0.25, 0.3) is 0 Å². The van der Waals surface area contributed by atoms with Crippen molar-refractivity contribution in [2.45, 2.75) is 6.16 Å². The summed E-state index contributed by atoms with van der Waals surface area (Å²) in [6, 6.07) is 39.2. The van der Waals surface area contributed by atoms with E-state index in [1.54, 1.807) is 12.1 Å². The first-order valence-corrected chi connectivity index (χ1v) is 11.1. The molecule has 0 saturated heterocycles. The number of benzene rings is 4. The van der Waals surface area contributed by atoms with E-state index in [9.17, 15) is 4.39 Å². The Labute approximate surface area is 177 Å². The van der Waals surface area contributed by atoms with Crippen LogP contribution in [0.1, 0.15) is 5.56 Å². The average Bonchev–Trinajstić information content (AvgIpc) is 2.75. The van der Waals surface area contributed by atoms with Crippen LogP contribution >= 0.6 is 7.26 Å². The van der Waals surface area contributed by atoms with Crippen molar-refractivity contribution in [1.82, 2.24) is 0 Å². The van der Waals surface area contributed by atoms with Gasteiger partial charge in [-0.25, -0.2) is 4.39 Å². The lowest BCUT2D eigenvalue weighted by atomic mass is 10.2. The van der Waals surface area contributed by atoms with Gasteiger partial charge in [0.25, 0.3) is 0 Å². The van der Waals surface area contributed by atoms with E-state index in [1.807, 2.05) is 12.1 Å². The van der Waals surface area contributed by atoms with Gasteiger partial charge in [0.2, 0.25) is 0 Å². The molecule has 140 valence electrons. The lowest BCUT2D eigenvalue weighted by Crippen LogP contribution is -3.00. The first-order chi connectivity index (χ1) is 13.3. The van der Waals surface area contributed by atoms with Gasteiger partial charge in [-0.1, -0.05) is 66.7 Å². The van der Waals surface area contributed by atoms with E-state index in [0.29, 0.717) is 0 Å². The second-order valence-electron chi connectivity index (χ2n) is 6.60. The summed E-state index contributed by atoms with van der Waals surface area (Å²) < 4.78 is 13.5. The van der Waals surface area contributed by atoms with Gasteiger partial charge >= 0.3 is 0 Å². The van der Waals surface area contributed by atoms with Crippen LogP contribution in [0.2, 0.25) is 0 Å². The van der Waals surface area contributed by atoms with Gasteiger partial charge in [-0.15, -0.1) is 0 Å². The zero-order valence-electron chi connectivity index (χ0n) is 15.4. The molecule has 0 heterocycles. The van der Waals surface area contributed by atoms with Crippen LogP contribution in [0.3, 0.4) is 0 Å². The Bertz CT molecular complexity index is 890. The van der Waals surface area contributed by atoms with E-state index in [4.69, 9.17) is 0 Å². The summed E-state index contributed by atoms with van der Waals surface area (Å²) in [7, 11) is -1.91. The van der Waals surface area contributed by atoms with Crippen LogP contribution < -0.4 is 32.9 Å². The molecular weight excluding hydrogens is 429 g/mol. The second-order valence-corrected chi connectivity index (χ2v) is 10.1. The Kier molecular flexibility index (Phi) is 6.78. The molecule has 0 aromatic heterocycles. The Balaban J connectivity index is 0.00000225. The topological polar surface area (TPSA) is 0 Å². The van der Waals surface area contributed by atoms with Crippen molar-refractivity contribution in [3.05, 3.63) is 127 Å². The molecule has 3 heteroatoms. The molecular formula is C25H21BrFP. The third-order valence-corrected chi connectivity index (χ3v) is 9.30. The van der Waals surface area contributed by atoms with E-state index < -0.39 is 7.26 Å². The van der Waals surface area contributed by atoms with Gasteiger partial charge in [0.1, 0.15) is 29.0 Å². The summed E-state index contributed by atoms with van der Waals surface area (Å²) in [6.45, 7) is 0. The molecule has 4 aromatic carbocycles. The van der Waals surface area contributed by atoms with Gasteiger partial charge in [-0.3, -0.25) is 0 Å². The number of hydrogen-bond acceptors (Lipinski definition) is 0. The lowest BCUT2D eigenvalue weighted by molar-refractivity contribution is -0.00000585. The van der Waals surface area contributed by atoms with Crippen LogP contribution in [0, 0.1) is 5.82 Å². The molecule has 4 aromatic rings. The first kappa shape index (κ1) is 20.5. The second kappa shape index (κ2) is 9.28. The fourth-order valence-electron chi connectivity index (χ4n) is 3.63. The highest BCUT2D eigenvalue weighted by atomic mass is 79.9. The van der Waals surface area contributed by atoms with Crippen molar-refractivity contribution in [2.24, 2.45) is 0 Å². The SMILES string of the molecule is [18F]c1ccc(C[P+](c2ccccc2)(c2ccccc2)c2ccccc2)cc1.[Br-]. The predicted octanol–water partition coefficient (Wildman–Crippen LogP) is 2.32. The summed E-state index contributed by atoms with van der Waals surface area (Å²) in [5.74, 6) is -0.193. The quantitative estimate of drug-likeness (QED) is 0.410. The number of rotatable bonds is 5. The van der Waals surface area contributed by atoms with E-state index in [1.165, 1.54) is 15.9 Å². The van der Waals surface area contributed by atoms with Gasteiger partial charge in [-0.2, -0.15) is 0 Å². The minimum absolute atomic E-state index is 0. The standard InChI is InChI=1S/C25H21FP.BrH/c26-22-18-16-21(17-19-22)20-27(23-10-4-1-5-11-23,24-12-6-2-7-13-24)25-14-8-3-9-15-25;/h1-19H,20H2;1H/q+1;/p-1/i26-1;. The summed E-state index contributed by atoms with van der Waals surface area (Å²) in [5.41, 5.74) is 1.15. The maximum absolute atomic E-state index is 13.5. The van der Waals surface area contributed by atoms with E-state index in [0.717, 1.165) is 11.7 Å². The lowest BCUT2D eigenvalue weighted by Gasteiger charge is -2.27. The highest BCUT2D eigenvalue weighted by Gasteiger charge is 2.45. The van der Waals surface area contributed by atoms with Gasteiger partial charge in [0, 0.05) is 0 Å². The summed E-state index contributed by atoms with van der Waals surface area (Å²) in [4.78, 5) is 0. The first-order valence-electron chi connectivity index (χ1n) is 9.08. The maximum atomic E-state index is 13.5. The van der Waals surface area contributed by atoms with Gasteiger partial charge < -0.3 is 17.0 Å². The van der Waals surface area contributed by atoms with Crippen molar-refractivity contribution in [2.75, 3.05) is 0 Å². The summed E-state index contributed by atoms with van der Waals surface area (Å²) >= 11 is 0. The fraction of sp³-hybridized carbons (Fsp3) is 0.0400. The summed E-state index contributed by atoms with van der Waals surface area (Å²) in [5, 5.41) is 4.02. The Morgan fingerprint density at radius 1 is 0.500 bits per heavy atom. The van der Waals surface area contributed by atoms with Gasteiger partial charge in [0.15, 0.2) is 0 Å². The fourth-order valence-corrected chi connectivity index (χ4v) is 7.88. The summed E-state index contributed by atoms with van der Waals surface area (Å²) in [6.07, 6.45) is 0.866. The van der Waals surface area contributed by atoms with E-state index in [2.05, 4.69) is 91.0 Å². The molecule has 0 unspecified atom stereocenters. The molecule has 0 fully saturated rings. The average molecular weight is 450 g/mol. The molecule has 0 aliphatic heterocycles. The Morgan fingerprint density at radius 3 is 1.21 bits per heavy atom. The molecule has 0 aliphatic carbocycles. The van der Waals surface area contributed by atoms with Crippen LogP contribution in [0.5, 0.6) is 0 Å². The molecule has 4 rings (SSSR count). The van der Waals surface area contributed by atoms with Crippen LogP contribution in [0.4, 0.5) is 4.39 Å². The molecule has 0 radical (unpaired) electrons. The highest BCUT2D eigenvalue weighted by molar-refractivity contribution is 7.95. The van der Waals surface area contributed by atoms with Crippen molar-refractivity contribution in [3.8, 4) is 0 Å². The molecule has 0 N–H and O–H groups in total. The van der Waals surface area contributed by atoms with Crippen molar-refractivity contribution < 1.29 is 21.4 Å². The smallest absolute Gasteiger partial charge is 0.123 e. The molecule has 0 amide bonds. The minimum Gasteiger partial charge on any atom is -1.00 e. The maximum Gasteiger partial charge on any atom is 0.123 e. The molecule has 0 aliphatic rings. The zero-order chi connectivity index (χ0) is 18.5. The van der Waals surface area contributed by atoms with E-state index >= 15 is 0 Å². The third kappa shape index (κ3) is 4.09. The zero-order valence-corrected chi connectivity index (χ0v) is 17.9. The van der Waals surface area contributed by atoms with Crippen LogP contribution in [-0.4, -0.2) is 0 Å². The van der Waals surface area contributed by atoms with Crippen molar-refractivity contribution >= 4 is 23.2 Å². The molecule has 0 bridgehead atoms. The van der Waals surface area contributed by atoms with Crippen LogP contribution in [-0.2, 0) is 6.16 Å². The monoisotopic (exact) mass is 449 g/mol. The Hall–Kier alpha value is -2.28. The molecule has 0 atom stereocenters. The molecule has 0 saturated carbocycles. The Morgan fingerprint density at radius 2 is 0.857 bits per heavy atom.